The van der Waals surface area contributed by atoms with Gasteiger partial charge >= 0.3 is 0 Å². The molecule has 0 spiro atoms. The lowest BCUT2D eigenvalue weighted by Crippen LogP contribution is -2.27. The number of ether oxygens (including phenoxy) is 1. The molecule has 1 amide bonds. The van der Waals surface area contributed by atoms with Gasteiger partial charge in [-0.3, -0.25) is 4.79 Å². The summed E-state index contributed by atoms with van der Waals surface area (Å²) in [5.74, 6) is 1.55. The van der Waals surface area contributed by atoms with Crippen molar-refractivity contribution in [2.24, 2.45) is 0 Å². The fraction of sp³-hybridized carbons (Fsp3) is 0.235. The SMILES string of the molecule is COc1ccccc1-c1nnc(CCNC(=O)Cc2cccs2)o1. The molecule has 1 aromatic carbocycles. The van der Waals surface area contributed by atoms with Crippen LogP contribution < -0.4 is 10.1 Å². The number of nitrogens with zero attached hydrogens (tertiary/aromatic N) is 2. The van der Waals surface area contributed by atoms with Crippen molar-refractivity contribution in [2.75, 3.05) is 13.7 Å². The highest BCUT2D eigenvalue weighted by atomic mass is 32.1. The molecule has 6 nitrogen and oxygen atoms in total. The summed E-state index contributed by atoms with van der Waals surface area (Å²) in [5.41, 5.74) is 0.750. The lowest BCUT2D eigenvalue weighted by atomic mass is 10.2. The minimum Gasteiger partial charge on any atom is -0.496 e. The smallest absolute Gasteiger partial charge is 0.251 e. The van der Waals surface area contributed by atoms with Crippen molar-refractivity contribution in [1.29, 1.82) is 0 Å². The normalized spacial score (nSPS) is 10.5. The van der Waals surface area contributed by atoms with E-state index in [9.17, 15) is 4.79 Å². The number of carbonyl (C=O) groups excluding carboxylic acids is 1. The molecule has 0 saturated carbocycles. The maximum absolute atomic E-state index is 11.8. The third kappa shape index (κ3) is 3.99. The molecule has 0 aliphatic heterocycles. The molecule has 0 bridgehead atoms. The van der Waals surface area contributed by atoms with Gasteiger partial charge < -0.3 is 14.5 Å². The van der Waals surface area contributed by atoms with Crippen LogP contribution in [0.4, 0.5) is 0 Å². The zero-order valence-electron chi connectivity index (χ0n) is 13.2. The van der Waals surface area contributed by atoms with Gasteiger partial charge in [-0.05, 0) is 23.6 Å². The summed E-state index contributed by atoms with van der Waals surface area (Å²) < 4.78 is 10.9. The Morgan fingerprint density at radius 1 is 1.25 bits per heavy atom. The van der Waals surface area contributed by atoms with E-state index in [1.807, 2.05) is 41.8 Å². The highest BCUT2D eigenvalue weighted by Crippen LogP contribution is 2.28. The Bertz CT molecular complexity index is 799. The van der Waals surface area contributed by atoms with Gasteiger partial charge in [0, 0.05) is 17.8 Å². The molecule has 7 heteroatoms. The molecule has 0 aliphatic carbocycles. The fourth-order valence-electron chi connectivity index (χ4n) is 2.23. The Kier molecular flexibility index (Phi) is 5.22. The highest BCUT2D eigenvalue weighted by Gasteiger charge is 2.13. The molecule has 3 aromatic rings. The van der Waals surface area contributed by atoms with E-state index in [0.29, 0.717) is 36.9 Å². The third-order valence-corrected chi connectivity index (χ3v) is 4.26. The first-order valence-electron chi connectivity index (χ1n) is 7.51. The van der Waals surface area contributed by atoms with Crippen molar-refractivity contribution in [3.05, 3.63) is 52.5 Å². The number of nitrogens with one attached hydrogen (secondary N) is 1. The van der Waals surface area contributed by atoms with Gasteiger partial charge in [0.05, 0.1) is 19.1 Å². The lowest BCUT2D eigenvalue weighted by Gasteiger charge is -2.03. The van der Waals surface area contributed by atoms with E-state index in [2.05, 4.69) is 15.5 Å². The van der Waals surface area contributed by atoms with Crippen molar-refractivity contribution in [2.45, 2.75) is 12.8 Å². The lowest BCUT2D eigenvalue weighted by molar-refractivity contribution is -0.120. The zero-order chi connectivity index (χ0) is 16.8. The molecule has 2 heterocycles. The predicted molar refractivity (Wildman–Crippen MR) is 91.0 cm³/mol. The zero-order valence-corrected chi connectivity index (χ0v) is 14.0. The van der Waals surface area contributed by atoms with Gasteiger partial charge in [-0.15, -0.1) is 21.5 Å². The summed E-state index contributed by atoms with van der Waals surface area (Å²) in [5, 5.41) is 12.9. The molecule has 0 radical (unpaired) electrons. The minimum atomic E-state index is -0.0121. The Labute approximate surface area is 143 Å². The number of thiophene rings is 1. The number of carbonyl (C=O) groups is 1. The van der Waals surface area contributed by atoms with Gasteiger partial charge in [-0.25, -0.2) is 0 Å². The van der Waals surface area contributed by atoms with Crippen molar-refractivity contribution in [3.8, 4) is 17.2 Å². The number of amides is 1. The fourth-order valence-corrected chi connectivity index (χ4v) is 2.93. The van der Waals surface area contributed by atoms with Gasteiger partial charge in [0.1, 0.15) is 5.75 Å². The van der Waals surface area contributed by atoms with Crippen LogP contribution in [0.25, 0.3) is 11.5 Å². The summed E-state index contributed by atoms with van der Waals surface area (Å²) in [6, 6.07) is 11.3. The van der Waals surface area contributed by atoms with Crippen LogP contribution in [0.1, 0.15) is 10.8 Å². The summed E-state index contributed by atoms with van der Waals surface area (Å²) in [6.45, 7) is 0.456. The Hall–Kier alpha value is -2.67. The number of methoxy groups -OCH3 is 1. The van der Waals surface area contributed by atoms with Gasteiger partial charge in [-0.1, -0.05) is 18.2 Å². The molecular weight excluding hydrogens is 326 g/mol. The molecule has 124 valence electrons. The molecule has 1 N–H and O–H groups in total. The first-order chi connectivity index (χ1) is 11.8. The van der Waals surface area contributed by atoms with Crippen LogP contribution in [0.3, 0.4) is 0 Å². The van der Waals surface area contributed by atoms with Crippen LogP contribution in [-0.2, 0) is 17.6 Å². The molecule has 0 aliphatic rings. The van der Waals surface area contributed by atoms with Crippen molar-refractivity contribution in [1.82, 2.24) is 15.5 Å². The summed E-state index contributed by atoms with van der Waals surface area (Å²) in [4.78, 5) is 12.9. The average Bonchev–Trinajstić information content (AvgIpc) is 3.27. The van der Waals surface area contributed by atoms with Crippen LogP contribution in [0, 0.1) is 0 Å². The summed E-state index contributed by atoms with van der Waals surface area (Å²) in [6.07, 6.45) is 0.881. The number of hydrogen-bond donors (Lipinski definition) is 1. The van der Waals surface area contributed by atoms with Crippen LogP contribution in [0.2, 0.25) is 0 Å². The van der Waals surface area contributed by atoms with E-state index in [1.54, 1.807) is 18.4 Å². The molecule has 0 saturated heterocycles. The van der Waals surface area contributed by atoms with E-state index >= 15 is 0 Å². The number of rotatable bonds is 7. The third-order valence-electron chi connectivity index (χ3n) is 3.38. The monoisotopic (exact) mass is 343 g/mol. The van der Waals surface area contributed by atoms with Gasteiger partial charge in [0.15, 0.2) is 0 Å². The van der Waals surface area contributed by atoms with Gasteiger partial charge in [-0.2, -0.15) is 0 Å². The van der Waals surface area contributed by atoms with Gasteiger partial charge in [0.2, 0.25) is 11.8 Å². The Morgan fingerprint density at radius 2 is 2.12 bits per heavy atom. The van der Waals surface area contributed by atoms with E-state index in [1.165, 1.54) is 0 Å². The predicted octanol–water partition coefficient (Wildman–Crippen LogP) is 2.71. The number of hydrogen-bond acceptors (Lipinski definition) is 6. The molecular formula is C17H17N3O3S. The largest absolute Gasteiger partial charge is 0.496 e. The molecule has 0 atom stereocenters. The van der Waals surface area contributed by atoms with Crippen LogP contribution >= 0.6 is 11.3 Å². The van der Waals surface area contributed by atoms with Crippen molar-refractivity contribution in [3.63, 3.8) is 0 Å². The minimum absolute atomic E-state index is 0.0121. The molecule has 24 heavy (non-hydrogen) atoms. The molecule has 0 fully saturated rings. The second-order valence-corrected chi connectivity index (χ2v) is 6.09. The Balaban J connectivity index is 1.54. The van der Waals surface area contributed by atoms with Gasteiger partial charge in [0.25, 0.3) is 5.89 Å². The van der Waals surface area contributed by atoms with E-state index in [0.717, 1.165) is 10.4 Å². The molecule has 2 aromatic heterocycles. The first kappa shape index (κ1) is 16.2. The van der Waals surface area contributed by atoms with Crippen molar-refractivity contribution >= 4 is 17.2 Å². The summed E-state index contributed by atoms with van der Waals surface area (Å²) >= 11 is 1.57. The number of aromatic nitrogens is 2. The van der Waals surface area contributed by atoms with Crippen molar-refractivity contribution < 1.29 is 13.9 Å². The van der Waals surface area contributed by atoms with Crippen LogP contribution in [-0.4, -0.2) is 29.8 Å². The van der Waals surface area contributed by atoms with E-state index < -0.39 is 0 Å². The number of para-hydroxylation sites is 1. The van der Waals surface area contributed by atoms with Crippen LogP contribution in [0.5, 0.6) is 5.75 Å². The average molecular weight is 343 g/mol. The molecule has 0 unspecified atom stereocenters. The Morgan fingerprint density at radius 3 is 2.92 bits per heavy atom. The first-order valence-corrected chi connectivity index (χ1v) is 8.39. The maximum Gasteiger partial charge on any atom is 0.251 e. The standard InChI is InChI=1S/C17H17N3O3S/c1-22-14-7-3-2-6-13(14)17-20-19-16(23-17)8-9-18-15(21)11-12-5-4-10-24-12/h2-7,10H,8-9,11H2,1H3,(H,18,21). The van der Waals surface area contributed by atoms with E-state index in [-0.39, 0.29) is 5.91 Å². The quantitative estimate of drug-likeness (QED) is 0.714. The second kappa shape index (κ2) is 7.74. The number of benzene rings is 1. The second-order valence-electron chi connectivity index (χ2n) is 5.06. The van der Waals surface area contributed by atoms with E-state index in [4.69, 9.17) is 9.15 Å². The maximum atomic E-state index is 11.8. The topological polar surface area (TPSA) is 77.3 Å². The summed E-state index contributed by atoms with van der Waals surface area (Å²) in [7, 11) is 1.60. The van der Waals surface area contributed by atoms with Crippen LogP contribution in [0.15, 0.2) is 46.2 Å². The molecule has 3 rings (SSSR count). The highest BCUT2D eigenvalue weighted by molar-refractivity contribution is 7.10.